The lowest BCUT2D eigenvalue weighted by molar-refractivity contribution is -0.143. The molecule has 3 nitrogen and oxygen atoms in total. The Bertz CT molecular complexity index is 363. The van der Waals surface area contributed by atoms with Gasteiger partial charge >= 0.3 is 5.97 Å². The second-order valence-corrected chi connectivity index (χ2v) is 4.24. The number of aryl methyl sites for hydroxylation is 1. The Kier molecular flexibility index (Phi) is 5.49. The van der Waals surface area contributed by atoms with Gasteiger partial charge in [-0.15, -0.1) is 0 Å². The molecule has 0 aromatic heterocycles. The number of aliphatic hydroxyl groups is 1. The van der Waals surface area contributed by atoms with Crippen molar-refractivity contribution in [1.29, 1.82) is 0 Å². The maximum absolute atomic E-state index is 11.2. The van der Waals surface area contributed by atoms with Crippen molar-refractivity contribution in [3.8, 4) is 0 Å². The van der Waals surface area contributed by atoms with Crippen LogP contribution in [0.3, 0.4) is 0 Å². The number of esters is 1. The molecule has 1 N–H and O–H groups in total. The smallest absolute Gasteiger partial charge is 0.306 e. The Labute approximate surface area is 104 Å². The summed E-state index contributed by atoms with van der Waals surface area (Å²) < 4.78 is 5.73. The van der Waals surface area contributed by atoms with Crippen LogP contribution in [0.5, 0.6) is 0 Å². The van der Waals surface area contributed by atoms with E-state index >= 15 is 0 Å². The van der Waals surface area contributed by atoms with E-state index < -0.39 is 0 Å². The first-order valence-electron chi connectivity index (χ1n) is 5.21. The van der Waals surface area contributed by atoms with Gasteiger partial charge in [0.1, 0.15) is 0 Å². The first kappa shape index (κ1) is 13.2. The maximum Gasteiger partial charge on any atom is 0.306 e. The van der Waals surface area contributed by atoms with Crippen molar-refractivity contribution >= 4 is 21.9 Å². The van der Waals surface area contributed by atoms with Crippen molar-refractivity contribution in [2.75, 3.05) is 6.61 Å². The summed E-state index contributed by atoms with van der Waals surface area (Å²) >= 11 is 3.34. The van der Waals surface area contributed by atoms with Crippen LogP contribution in [0.15, 0.2) is 22.7 Å². The molecule has 0 spiro atoms. The largest absolute Gasteiger partial charge is 0.466 e. The molecule has 0 saturated heterocycles. The van der Waals surface area contributed by atoms with Crippen molar-refractivity contribution in [2.45, 2.75) is 26.4 Å². The molecule has 0 aliphatic rings. The third-order valence-corrected chi connectivity index (χ3v) is 2.98. The van der Waals surface area contributed by atoms with E-state index in [1.54, 1.807) is 6.92 Å². The van der Waals surface area contributed by atoms with E-state index in [-0.39, 0.29) is 12.6 Å². The van der Waals surface area contributed by atoms with Crippen molar-refractivity contribution in [3.63, 3.8) is 0 Å². The van der Waals surface area contributed by atoms with Crippen molar-refractivity contribution < 1.29 is 14.6 Å². The van der Waals surface area contributed by atoms with E-state index in [0.717, 1.165) is 15.6 Å². The first-order chi connectivity index (χ1) is 7.67. The van der Waals surface area contributed by atoms with Gasteiger partial charge in [0.25, 0.3) is 0 Å². The molecule has 16 heavy (non-hydrogen) atoms. The lowest BCUT2D eigenvalue weighted by Gasteiger charge is -2.05. The summed E-state index contributed by atoms with van der Waals surface area (Å²) in [6, 6.07) is 5.71. The van der Waals surface area contributed by atoms with E-state index in [1.165, 1.54) is 0 Å². The van der Waals surface area contributed by atoms with Crippen LogP contribution in [-0.2, 0) is 22.6 Å². The fourth-order valence-electron chi connectivity index (χ4n) is 1.38. The quantitative estimate of drug-likeness (QED) is 0.846. The highest BCUT2D eigenvalue weighted by molar-refractivity contribution is 9.10. The number of aliphatic hydroxyl groups excluding tert-OH is 1. The minimum absolute atomic E-state index is 0.00612. The Balaban J connectivity index is 2.57. The molecule has 0 saturated carbocycles. The average Bonchev–Trinajstić information content (AvgIpc) is 2.28. The number of rotatable bonds is 5. The highest BCUT2D eigenvalue weighted by atomic mass is 79.9. The van der Waals surface area contributed by atoms with Gasteiger partial charge in [-0.25, -0.2) is 0 Å². The van der Waals surface area contributed by atoms with Crippen molar-refractivity contribution in [1.82, 2.24) is 0 Å². The number of benzene rings is 1. The van der Waals surface area contributed by atoms with Crippen LogP contribution in [0.4, 0.5) is 0 Å². The van der Waals surface area contributed by atoms with Gasteiger partial charge in [-0.3, -0.25) is 4.79 Å². The lowest BCUT2D eigenvalue weighted by atomic mass is 10.1. The van der Waals surface area contributed by atoms with Crippen LogP contribution in [0.25, 0.3) is 0 Å². The molecule has 0 unspecified atom stereocenters. The van der Waals surface area contributed by atoms with Crippen LogP contribution in [0, 0.1) is 0 Å². The summed E-state index contributed by atoms with van der Waals surface area (Å²) in [5, 5.41) is 9.08. The summed E-state index contributed by atoms with van der Waals surface area (Å²) in [6.45, 7) is 2.20. The van der Waals surface area contributed by atoms with E-state index in [9.17, 15) is 4.79 Å². The Morgan fingerprint density at radius 1 is 1.50 bits per heavy atom. The standard InChI is InChI=1S/C12H15BrO3/c1-2-16-12(15)6-4-9-3-5-11(13)10(7-9)8-14/h3,5,7,14H,2,4,6,8H2,1H3. The van der Waals surface area contributed by atoms with Gasteiger partial charge < -0.3 is 9.84 Å². The zero-order valence-corrected chi connectivity index (χ0v) is 10.8. The molecular formula is C12H15BrO3. The summed E-state index contributed by atoms with van der Waals surface area (Å²) in [7, 11) is 0. The monoisotopic (exact) mass is 286 g/mol. The molecule has 0 heterocycles. The van der Waals surface area contributed by atoms with Gasteiger partial charge in [0.2, 0.25) is 0 Å². The highest BCUT2D eigenvalue weighted by Gasteiger charge is 2.04. The van der Waals surface area contributed by atoms with Crippen molar-refractivity contribution in [3.05, 3.63) is 33.8 Å². The molecule has 0 bridgehead atoms. The van der Waals surface area contributed by atoms with E-state index in [4.69, 9.17) is 9.84 Å². The molecule has 0 radical (unpaired) electrons. The average molecular weight is 287 g/mol. The molecule has 1 aromatic rings. The number of carbonyl (C=O) groups excluding carboxylic acids is 1. The van der Waals surface area contributed by atoms with Gasteiger partial charge in [0.05, 0.1) is 13.2 Å². The van der Waals surface area contributed by atoms with E-state index in [2.05, 4.69) is 15.9 Å². The third kappa shape index (κ3) is 3.94. The third-order valence-electron chi connectivity index (χ3n) is 2.20. The molecule has 0 amide bonds. The van der Waals surface area contributed by atoms with Gasteiger partial charge in [-0.2, -0.15) is 0 Å². The molecule has 0 atom stereocenters. The van der Waals surface area contributed by atoms with Crippen LogP contribution in [0.2, 0.25) is 0 Å². The second-order valence-electron chi connectivity index (χ2n) is 3.39. The van der Waals surface area contributed by atoms with E-state index in [1.807, 2.05) is 18.2 Å². The minimum Gasteiger partial charge on any atom is -0.466 e. The summed E-state index contributed by atoms with van der Waals surface area (Å²) in [5.74, 6) is -0.184. The van der Waals surface area contributed by atoms with Crippen LogP contribution >= 0.6 is 15.9 Å². The van der Waals surface area contributed by atoms with E-state index in [0.29, 0.717) is 19.4 Å². The Hall–Kier alpha value is -0.870. The molecule has 1 aromatic carbocycles. The lowest BCUT2D eigenvalue weighted by Crippen LogP contribution is -2.05. The zero-order valence-electron chi connectivity index (χ0n) is 9.20. The van der Waals surface area contributed by atoms with Crippen LogP contribution in [-0.4, -0.2) is 17.7 Å². The van der Waals surface area contributed by atoms with Crippen LogP contribution < -0.4 is 0 Å². The molecule has 88 valence electrons. The number of hydrogen-bond acceptors (Lipinski definition) is 3. The molecule has 4 heteroatoms. The Morgan fingerprint density at radius 2 is 2.25 bits per heavy atom. The van der Waals surface area contributed by atoms with Crippen LogP contribution in [0.1, 0.15) is 24.5 Å². The molecule has 0 fully saturated rings. The fraction of sp³-hybridized carbons (Fsp3) is 0.417. The number of hydrogen-bond donors (Lipinski definition) is 1. The van der Waals surface area contributed by atoms with Gasteiger partial charge in [-0.1, -0.05) is 28.1 Å². The Morgan fingerprint density at radius 3 is 2.88 bits per heavy atom. The summed E-state index contributed by atoms with van der Waals surface area (Å²) in [6.07, 6.45) is 1.01. The first-order valence-corrected chi connectivity index (χ1v) is 6.00. The SMILES string of the molecule is CCOC(=O)CCc1ccc(Br)c(CO)c1. The predicted molar refractivity (Wildman–Crippen MR) is 65.0 cm³/mol. The molecular weight excluding hydrogens is 272 g/mol. The zero-order chi connectivity index (χ0) is 12.0. The second kappa shape index (κ2) is 6.66. The molecule has 0 aliphatic carbocycles. The predicted octanol–water partition coefficient (Wildman–Crippen LogP) is 2.44. The van der Waals surface area contributed by atoms with Gasteiger partial charge in [-0.05, 0) is 30.5 Å². The summed E-state index contributed by atoms with van der Waals surface area (Å²) in [5.41, 5.74) is 1.86. The summed E-state index contributed by atoms with van der Waals surface area (Å²) in [4.78, 5) is 11.2. The van der Waals surface area contributed by atoms with Gasteiger partial charge in [0, 0.05) is 10.9 Å². The number of carbonyl (C=O) groups is 1. The molecule has 0 aliphatic heterocycles. The highest BCUT2D eigenvalue weighted by Crippen LogP contribution is 2.19. The number of halogens is 1. The van der Waals surface area contributed by atoms with Gasteiger partial charge in [0.15, 0.2) is 0 Å². The number of ether oxygens (including phenoxy) is 1. The fourth-order valence-corrected chi connectivity index (χ4v) is 1.76. The maximum atomic E-state index is 11.2. The molecule has 1 rings (SSSR count). The van der Waals surface area contributed by atoms with Crippen molar-refractivity contribution in [2.24, 2.45) is 0 Å². The topological polar surface area (TPSA) is 46.5 Å². The minimum atomic E-state index is -0.184. The normalized spacial score (nSPS) is 10.2.